The molecule has 0 aliphatic carbocycles. The smallest absolute Gasteiger partial charge is 0.121 e. The van der Waals surface area contributed by atoms with Crippen molar-refractivity contribution >= 4 is 11.4 Å². The number of hydrogen-bond donors (Lipinski definition) is 2. The van der Waals surface area contributed by atoms with Crippen LogP contribution < -0.4 is 20.1 Å². The van der Waals surface area contributed by atoms with E-state index < -0.39 is 0 Å². The summed E-state index contributed by atoms with van der Waals surface area (Å²) in [7, 11) is 1.67. The summed E-state index contributed by atoms with van der Waals surface area (Å²) in [6, 6.07) is 15.9. The molecule has 4 nitrogen and oxygen atoms in total. The Balaban J connectivity index is 1.74. The highest BCUT2D eigenvalue weighted by Gasteiger charge is 1.96. The van der Waals surface area contributed by atoms with Crippen LogP contribution in [0.5, 0.6) is 11.5 Å². The lowest BCUT2D eigenvalue weighted by Gasteiger charge is -2.10. The third-order valence-corrected chi connectivity index (χ3v) is 3.02. The maximum atomic E-state index is 5.48. The summed E-state index contributed by atoms with van der Waals surface area (Å²) in [4.78, 5) is 0. The lowest BCUT2D eigenvalue weighted by atomic mass is 10.3. The summed E-state index contributed by atoms with van der Waals surface area (Å²) in [5.41, 5.74) is 2.15. The monoisotopic (exact) mass is 286 g/mol. The molecule has 2 aromatic carbocycles. The van der Waals surface area contributed by atoms with Crippen molar-refractivity contribution in [2.75, 3.05) is 37.4 Å². The Morgan fingerprint density at radius 3 is 2.24 bits per heavy atom. The summed E-state index contributed by atoms with van der Waals surface area (Å²) < 4.78 is 10.6. The van der Waals surface area contributed by atoms with Gasteiger partial charge in [0.05, 0.1) is 13.7 Å². The van der Waals surface area contributed by atoms with Gasteiger partial charge in [-0.2, -0.15) is 0 Å². The number of methoxy groups -OCH3 is 1. The van der Waals surface area contributed by atoms with E-state index in [1.807, 2.05) is 55.5 Å². The second-order valence-corrected chi connectivity index (χ2v) is 4.54. The van der Waals surface area contributed by atoms with Crippen molar-refractivity contribution in [1.29, 1.82) is 0 Å². The number of ether oxygens (including phenoxy) is 2. The van der Waals surface area contributed by atoms with Crippen LogP contribution in [0.3, 0.4) is 0 Å². The molecule has 0 bridgehead atoms. The first-order chi connectivity index (χ1) is 10.3. The molecule has 0 saturated carbocycles. The minimum atomic E-state index is 0.683. The number of rotatable bonds is 8. The first-order valence-corrected chi connectivity index (χ1v) is 7.16. The second-order valence-electron chi connectivity index (χ2n) is 4.54. The molecule has 4 heteroatoms. The van der Waals surface area contributed by atoms with Crippen LogP contribution in [0.1, 0.15) is 6.92 Å². The van der Waals surface area contributed by atoms with E-state index in [-0.39, 0.29) is 0 Å². The minimum absolute atomic E-state index is 0.683. The fourth-order valence-corrected chi connectivity index (χ4v) is 1.99. The Morgan fingerprint density at radius 1 is 0.857 bits per heavy atom. The predicted octanol–water partition coefficient (Wildman–Crippen LogP) is 3.62. The van der Waals surface area contributed by atoms with Gasteiger partial charge in [-0.3, -0.25) is 0 Å². The van der Waals surface area contributed by atoms with Crippen molar-refractivity contribution in [3.63, 3.8) is 0 Å². The van der Waals surface area contributed by atoms with Crippen LogP contribution in [0.2, 0.25) is 0 Å². The molecule has 0 radical (unpaired) electrons. The summed E-state index contributed by atoms with van der Waals surface area (Å²) in [5.74, 6) is 1.76. The quantitative estimate of drug-likeness (QED) is 0.727. The first-order valence-electron chi connectivity index (χ1n) is 7.16. The maximum Gasteiger partial charge on any atom is 0.121 e. The third kappa shape index (κ3) is 4.91. The standard InChI is InChI=1S/C17H22N2O2/c1-3-21-17-6-4-5-15(13-17)19-12-11-18-14-7-9-16(20-2)10-8-14/h4-10,13,18-19H,3,11-12H2,1-2H3. The fourth-order valence-electron chi connectivity index (χ4n) is 1.99. The molecule has 0 aromatic heterocycles. The van der Waals surface area contributed by atoms with Crippen LogP contribution in [0.25, 0.3) is 0 Å². The van der Waals surface area contributed by atoms with Gasteiger partial charge in [-0.25, -0.2) is 0 Å². The van der Waals surface area contributed by atoms with Crippen molar-refractivity contribution in [3.05, 3.63) is 48.5 Å². The van der Waals surface area contributed by atoms with Crippen molar-refractivity contribution < 1.29 is 9.47 Å². The third-order valence-electron chi connectivity index (χ3n) is 3.02. The van der Waals surface area contributed by atoms with Crippen molar-refractivity contribution in [1.82, 2.24) is 0 Å². The highest BCUT2D eigenvalue weighted by Crippen LogP contribution is 2.17. The van der Waals surface area contributed by atoms with Gasteiger partial charge in [-0.05, 0) is 43.3 Å². The average Bonchev–Trinajstić information content (AvgIpc) is 2.53. The van der Waals surface area contributed by atoms with E-state index in [9.17, 15) is 0 Å². The van der Waals surface area contributed by atoms with Crippen molar-refractivity contribution in [2.24, 2.45) is 0 Å². The van der Waals surface area contributed by atoms with Gasteiger partial charge < -0.3 is 20.1 Å². The molecule has 0 unspecified atom stereocenters. The molecular weight excluding hydrogens is 264 g/mol. The van der Waals surface area contributed by atoms with E-state index >= 15 is 0 Å². The summed E-state index contributed by atoms with van der Waals surface area (Å²) in [6.45, 7) is 4.34. The average molecular weight is 286 g/mol. The van der Waals surface area contributed by atoms with Crippen molar-refractivity contribution in [2.45, 2.75) is 6.92 Å². The lowest BCUT2D eigenvalue weighted by molar-refractivity contribution is 0.340. The molecule has 2 N–H and O–H groups in total. The zero-order chi connectivity index (χ0) is 14.9. The highest BCUT2D eigenvalue weighted by atomic mass is 16.5. The molecule has 0 spiro atoms. The molecule has 2 aromatic rings. The van der Waals surface area contributed by atoms with Crippen LogP contribution in [-0.2, 0) is 0 Å². The van der Waals surface area contributed by atoms with E-state index in [0.717, 1.165) is 36.0 Å². The van der Waals surface area contributed by atoms with Gasteiger partial charge in [0, 0.05) is 30.5 Å². The van der Waals surface area contributed by atoms with Crippen LogP contribution in [0.15, 0.2) is 48.5 Å². The molecule has 0 aliphatic heterocycles. The van der Waals surface area contributed by atoms with Gasteiger partial charge >= 0.3 is 0 Å². The first kappa shape index (κ1) is 15.0. The number of benzene rings is 2. The normalized spacial score (nSPS) is 10.0. The zero-order valence-electron chi connectivity index (χ0n) is 12.6. The van der Waals surface area contributed by atoms with E-state index in [1.165, 1.54) is 0 Å². The molecule has 0 fully saturated rings. The second kappa shape index (κ2) is 8.04. The molecule has 0 heterocycles. The Morgan fingerprint density at radius 2 is 1.57 bits per heavy atom. The fraction of sp³-hybridized carbons (Fsp3) is 0.294. The van der Waals surface area contributed by atoms with Crippen LogP contribution in [0, 0.1) is 0 Å². The molecule has 2 rings (SSSR count). The van der Waals surface area contributed by atoms with Crippen molar-refractivity contribution in [3.8, 4) is 11.5 Å². The van der Waals surface area contributed by atoms with Gasteiger partial charge in [0.2, 0.25) is 0 Å². The van der Waals surface area contributed by atoms with E-state index in [4.69, 9.17) is 9.47 Å². The van der Waals surface area contributed by atoms with Gasteiger partial charge in [0.15, 0.2) is 0 Å². The summed E-state index contributed by atoms with van der Waals surface area (Å²) >= 11 is 0. The SMILES string of the molecule is CCOc1cccc(NCCNc2ccc(OC)cc2)c1. The predicted molar refractivity (Wildman–Crippen MR) is 87.6 cm³/mol. The van der Waals surface area contributed by atoms with Crippen LogP contribution >= 0.6 is 0 Å². The van der Waals surface area contributed by atoms with E-state index in [1.54, 1.807) is 7.11 Å². The largest absolute Gasteiger partial charge is 0.497 e. The van der Waals surface area contributed by atoms with E-state index in [0.29, 0.717) is 6.61 Å². The van der Waals surface area contributed by atoms with Crippen LogP contribution in [0.4, 0.5) is 11.4 Å². The molecule has 112 valence electrons. The Bertz CT molecular complexity index is 541. The van der Waals surface area contributed by atoms with Gasteiger partial charge in [-0.1, -0.05) is 6.07 Å². The van der Waals surface area contributed by atoms with Gasteiger partial charge in [0.25, 0.3) is 0 Å². The number of hydrogen-bond acceptors (Lipinski definition) is 4. The number of nitrogens with one attached hydrogen (secondary N) is 2. The maximum absolute atomic E-state index is 5.48. The summed E-state index contributed by atoms with van der Waals surface area (Å²) in [6.07, 6.45) is 0. The Hall–Kier alpha value is -2.36. The Labute approximate surface area is 126 Å². The van der Waals surface area contributed by atoms with Gasteiger partial charge in [0.1, 0.15) is 11.5 Å². The molecule has 0 amide bonds. The zero-order valence-corrected chi connectivity index (χ0v) is 12.6. The molecular formula is C17H22N2O2. The molecule has 0 aliphatic rings. The van der Waals surface area contributed by atoms with Gasteiger partial charge in [-0.15, -0.1) is 0 Å². The topological polar surface area (TPSA) is 42.5 Å². The minimum Gasteiger partial charge on any atom is -0.497 e. The lowest BCUT2D eigenvalue weighted by Crippen LogP contribution is -2.13. The molecule has 21 heavy (non-hydrogen) atoms. The summed E-state index contributed by atoms with van der Waals surface area (Å²) in [5, 5.41) is 6.73. The molecule has 0 saturated heterocycles. The van der Waals surface area contributed by atoms with E-state index in [2.05, 4.69) is 10.6 Å². The number of anilines is 2. The van der Waals surface area contributed by atoms with Crippen LogP contribution in [-0.4, -0.2) is 26.8 Å². The Kier molecular flexibility index (Phi) is 5.76. The molecule has 0 atom stereocenters. The highest BCUT2D eigenvalue weighted by molar-refractivity contribution is 5.49.